The van der Waals surface area contributed by atoms with Crippen molar-refractivity contribution >= 4 is 40.5 Å². The van der Waals surface area contributed by atoms with E-state index in [1.165, 1.54) is 10.9 Å². The summed E-state index contributed by atoms with van der Waals surface area (Å²) in [7, 11) is 0. The molecule has 0 saturated carbocycles. The minimum Gasteiger partial charge on any atom is -0.321 e. The van der Waals surface area contributed by atoms with Gasteiger partial charge in [-0.2, -0.15) is 5.10 Å². The molecule has 1 aromatic carbocycles. The fraction of sp³-hybridized carbons (Fsp3) is 0.0909. The molecule has 1 aromatic heterocycles. The van der Waals surface area contributed by atoms with Crippen molar-refractivity contribution in [1.82, 2.24) is 9.78 Å². The fourth-order valence-electron chi connectivity index (χ4n) is 1.49. The molecule has 19 heavy (non-hydrogen) atoms. The summed E-state index contributed by atoms with van der Waals surface area (Å²) < 4.78 is 1.19. The number of nitrogen functional groups attached to an aromatic ring is 1. The molecule has 100 valence electrons. The first-order valence-corrected chi connectivity index (χ1v) is 6.32. The average Bonchev–Trinajstić information content (AvgIpc) is 2.38. The van der Waals surface area contributed by atoms with Gasteiger partial charge in [-0.15, -0.1) is 0 Å². The highest BCUT2D eigenvalue weighted by Crippen LogP contribution is 2.21. The zero-order valence-corrected chi connectivity index (χ0v) is 11.8. The van der Waals surface area contributed by atoms with Gasteiger partial charge >= 0.3 is 0 Å². The summed E-state index contributed by atoms with van der Waals surface area (Å²) in [5, 5.41) is 4.91. The minimum atomic E-state index is -0.455. The molecule has 0 aliphatic rings. The van der Waals surface area contributed by atoms with E-state index in [4.69, 9.17) is 40.6 Å². The van der Waals surface area contributed by atoms with Crippen LogP contribution in [0.15, 0.2) is 29.2 Å². The first kappa shape index (κ1) is 14.1. The van der Waals surface area contributed by atoms with E-state index in [9.17, 15) is 4.79 Å². The Labute approximate surface area is 123 Å². The lowest BCUT2D eigenvalue weighted by Gasteiger charge is -2.09. The molecule has 2 rings (SSSR count). The maximum atomic E-state index is 11.9. The molecule has 0 aliphatic heterocycles. The Balaban J connectivity index is 2.39. The smallest absolute Gasteiger partial charge is 0.288 e. The third-order valence-electron chi connectivity index (χ3n) is 2.48. The lowest BCUT2D eigenvalue weighted by atomic mass is 10.2. The maximum absolute atomic E-state index is 11.9. The molecule has 5 nitrogen and oxygen atoms in total. The fourth-order valence-corrected chi connectivity index (χ4v) is 2.16. The molecule has 0 amide bonds. The molecule has 3 N–H and O–H groups in total. The number of nitrogens with zero attached hydrogens (tertiary/aromatic N) is 2. The summed E-state index contributed by atoms with van der Waals surface area (Å²) in [5.74, 6) is 5.20. The van der Waals surface area contributed by atoms with Crippen molar-refractivity contribution < 1.29 is 0 Å². The second-order valence-corrected chi connectivity index (χ2v) is 4.94. The third kappa shape index (κ3) is 3.01. The monoisotopic (exact) mass is 318 g/mol. The van der Waals surface area contributed by atoms with Crippen LogP contribution in [-0.4, -0.2) is 9.78 Å². The van der Waals surface area contributed by atoms with Gasteiger partial charge in [0, 0.05) is 10.0 Å². The van der Waals surface area contributed by atoms with Crippen LogP contribution in [0.1, 0.15) is 5.56 Å². The Hall–Kier alpha value is -1.27. The SMILES string of the molecule is NNc1cnn(Cc2ccc(Cl)cc2Cl)c(=O)c1Cl. The molecule has 0 fully saturated rings. The lowest BCUT2D eigenvalue weighted by Crippen LogP contribution is -2.25. The summed E-state index contributed by atoms with van der Waals surface area (Å²) >= 11 is 17.7. The molecule has 0 unspecified atom stereocenters. The molecule has 0 spiro atoms. The molecule has 8 heteroatoms. The third-order valence-corrected chi connectivity index (χ3v) is 3.43. The second-order valence-electron chi connectivity index (χ2n) is 3.72. The second kappa shape index (κ2) is 5.79. The molecule has 0 saturated heterocycles. The van der Waals surface area contributed by atoms with Crippen molar-refractivity contribution in [3.63, 3.8) is 0 Å². The summed E-state index contributed by atoms with van der Waals surface area (Å²) in [5.41, 5.74) is 2.82. The highest BCUT2D eigenvalue weighted by atomic mass is 35.5. The van der Waals surface area contributed by atoms with Crippen LogP contribution in [0.25, 0.3) is 0 Å². The van der Waals surface area contributed by atoms with Crippen molar-refractivity contribution in [3.05, 3.63) is 55.4 Å². The van der Waals surface area contributed by atoms with E-state index in [-0.39, 0.29) is 17.3 Å². The van der Waals surface area contributed by atoms with Crippen molar-refractivity contribution in [2.24, 2.45) is 5.84 Å². The van der Waals surface area contributed by atoms with E-state index >= 15 is 0 Å². The van der Waals surface area contributed by atoms with Gasteiger partial charge in [0.15, 0.2) is 0 Å². The number of rotatable bonds is 3. The van der Waals surface area contributed by atoms with Gasteiger partial charge in [0.25, 0.3) is 5.56 Å². The number of nitrogens with one attached hydrogen (secondary N) is 1. The first-order chi connectivity index (χ1) is 9.02. The standard InChI is InChI=1S/C11H9Cl3N4O/c12-7-2-1-6(8(13)3-7)5-18-11(19)10(14)9(17-15)4-16-18/h1-4,17H,5,15H2. The Morgan fingerprint density at radius 3 is 2.68 bits per heavy atom. The number of aromatic nitrogens is 2. The Morgan fingerprint density at radius 1 is 1.32 bits per heavy atom. The van der Waals surface area contributed by atoms with Gasteiger partial charge in [-0.25, -0.2) is 4.68 Å². The molecule has 2 aromatic rings. The van der Waals surface area contributed by atoms with E-state index in [0.717, 1.165) is 0 Å². The van der Waals surface area contributed by atoms with Crippen LogP contribution in [-0.2, 0) is 6.54 Å². The van der Waals surface area contributed by atoms with Crippen molar-refractivity contribution in [2.75, 3.05) is 5.43 Å². The number of hydrazine groups is 1. The molecule has 0 aliphatic carbocycles. The Morgan fingerprint density at radius 2 is 2.05 bits per heavy atom. The van der Waals surface area contributed by atoms with Gasteiger partial charge in [0.2, 0.25) is 0 Å². The van der Waals surface area contributed by atoms with Gasteiger partial charge in [-0.1, -0.05) is 40.9 Å². The lowest BCUT2D eigenvalue weighted by molar-refractivity contribution is 0.640. The average molecular weight is 320 g/mol. The molecular weight excluding hydrogens is 311 g/mol. The molecule has 1 heterocycles. The highest BCUT2D eigenvalue weighted by molar-refractivity contribution is 6.35. The number of nitrogens with two attached hydrogens (primary N) is 1. The van der Waals surface area contributed by atoms with E-state index in [0.29, 0.717) is 15.6 Å². The van der Waals surface area contributed by atoms with Crippen molar-refractivity contribution in [2.45, 2.75) is 6.54 Å². The van der Waals surface area contributed by atoms with Crippen LogP contribution in [0.2, 0.25) is 15.1 Å². The van der Waals surface area contributed by atoms with Crippen LogP contribution in [0.5, 0.6) is 0 Å². The van der Waals surface area contributed by atoms with Gasteiger partial charge in [0.05, 0.1) is 18.4 Å². The van der Waals surface area contributed by atoms with Gasteiger partial charge in [-0.05, 0) is 17.7 Å². The van der Waals surface area contributed by atoms with Gasteiger partial charge in [-0.3, -0.25) is 10.6 Å². The van der Waals surface area contributed by atoms with Crippen LogP contribution in [0.4, 0.5) is 5.69 Å². The van der Waals surface area contributed by atoms with E-state index < -0.39 is 5.56 Å². The predicted octanol–water partition coefficient (Wildman–Crippen LogP) is 2.54. The zero-order chi connectivity index (χ0) is 14.0. The molecule has 0 atom stereocenters. The van der Waals surface area contributed by atoms with Crippen molar-refractivity contribution in [1.29, 1.82) is 0 Å². The highest BCUT2D eigenvalue weighted by Gasteiger charge is 2.10. The normalized spacial score (nSPS) is 10.5. The molecule has 0 bridgehead atoms. The van der Waals surface area contributed by atoms with Crippen LogP contribution in [0.3, 0.4) is 0 Å². The number of benzene rings is 1. The number of hydrogen-bond acceptors (Lipinski definition) is 4. The van der Waals surface area contributed by atoms with Crippen LogP contribution in [0, 0.1) is 0 Å². The first-order valence-electron chi connectivity index (χ1n) is 5.19. The van der Waals surface area contributed by atoms with Gasteiger partial charge < -0.3 is 5.43 Å². The summed E-state index contributed by atoms with van der Waals surface area (Å²) in [6.45, 7) is 0.194. The van der Waals surface area contributed by atoms with Gasteiger partial charge in [0.1, 0.15) is 5.02 Å². The van der Waals surface area contributed by atoms with E-state index in [1.54, 1.807) is 18.2 Å². The zero-order valence-electron chi connectivity index (χ0n) is 9.53. The topological polar surface area (TPSA) is 72.9 Å². The van der Waals surface area contributed by atoms with E-state index in [1.807, 2.05) is 0 Å². The number of hydrogen-bond donors (Lipinski definition) is 2. The Kier molecular flexibility index (Phi) is 4.31. The molecule has 0 radical (unpaired) electrons. The van der Waals surface area contributed by atoms with Crippen LogP contribution >= 0.6 is 34.8 Å². The van der Waals surface area contributed by atoms with E-state index in [2.05, 4.69) is 10.5 Å². The minimum absolute atomic E-state index is 0.0254. The largest absolute Gasteiger partial charge is 0.321 e. The summed E-state index contributed by atoms with van der Waals surface area (Å²) in [6.07, 6.45) is 1.37. The quantitative estimate of drug-likeness (QED) is 0.673. The maximum Gasteiger partial charge on any atom is 0.288 e. The number of anilines is 1. The molecular formula is C11H9Cl3N4O. The summed E-state index contributed by atoms with van der Waals surface area (Å²) in [6, 6.07) is 5.01. The number of halogens is 3. The predicted molar refractivity (Wildman–Crippen MR) is 76.9 cm³/mol. The van der Waals surface area contributed by atoms with Crippen LogP contribution < -0.4 is 16.8 Å². The van der Waals surface area contributed by atoms with Crippen molar-refractivity contribution in [3.8, 4) is 0 Å². The summed E-state index contributed by atoms with van der Waals surface area (Å²) in [4.78, 5) is 11.9. The Bertz CT molecular complexity index is 671.